The number of hydrogen-bond donors (Lipinski definition) is 1. The Morgan fingerprint density at radius 2 is 2.12 bits per heavy atom. The third-order valence-corrected chi connectivity index (χ3v) is 0.673. The van der Waals surface area contributed by atoms with Gasteiger partial charge in [0, 0.05) is 28.8 Å². The molecule has 8 heavy (non-hydrogen) atoms. The Kier molecular flexibility index (Phi) is 9.97. The summed E-state index contributed by atoms with van der Waals surface area (Å²) in [6.07, 6.45) is 2.09. The third-order valence-electron chi connectivity index (χ3n) is 0.673. The van der Waals surface area contributed by atoms with Crippen molar-refractivity contribution in [1.82, 2.24) is 0 Å². The second-order valence-electron chi connectivity index (χ2n) is 1.42. The summed E-state index contributed by atoms with van der Waals surface area (Å²) in [6.45, 7) is 3.55. The molecule has 2 nitrogen and oxygen atoms in total. The molecule has 0 saturated heterocycles. The van der Waals surface area contributed by atoms with Gasteiger partial charge in [0.1, 0.15) is 0 Å². The van der Waals surface area contributed by atoms with E-state index in [-0.39, 0.29) is 28.3 Å². The molecule has 0 aromatic heterocycles. The maximum Gasteiger partial charge on any atom is 0.217 e. The molecule has 0 aliphatic heterocycles. The monoisotopic (exact) mass is 281 g/mol. The van der Waals surface area contributed by atoms with Crippen LogP contribution in [0.3, 0.4) is 0 Å². The summed E-state index contributed by atoms with van der Waals surface area (Å²) >= 11 is 0. The van der Waals surface area contributed by atoms with Crippen LogP contribution in [-0.2, 0) is 27.2 Å². The summed E-state index contributed by atoms with van der Waals surface area (Å²) in [4.78, 5) is 9.95. The molecule has 0 aromatic carbocycles. The SMILES string of the molecule is [CH2-]CCCC(N)=O.[Ta]. The van der Waals surface area contributed by atoms with Crippen LogP contribution in [0.25, 0.3) is 0 Å². The third kappa shape index (κ3) is 9.51. The zero-order valence-electron chi connectivity index (χ0n) is 4.76. The van der Waals surface area contributed by atoms with Crippen molar-refractivity contribution in [3.63, 3.8) is 0 Å². The van der Waals surface area contributed by atoms with Crippen molar-refractivity contribution in [3.05, 3.63) is 6.92 Å². The van der Waals surface area contributed by atoms with Crippen molar-refractivity contribution in [1.29, 1.82) is 0 Å². The molecule has 0 spiro atoms. The molecule has 0 fully saturated rings. The predicted molar refractivity (Wildman–Crippen MR) is 28.4 cm³/mol. The number of unbranched alkanes of at least 4 members (excludes halogenated alkanes) is 1. The van der Waals surface area contributed by atoms with E-state index in [1.807, 2.05) is 0 Å². The molecule has 0 bridgehead atoms. The van der Waals surface area contributed by atoms with Gasteiger partial charge in [-0.25, -0.2) is 0 Å². The smallest absolute Gasteiger partial charge is 0.217 e. The molecule has 0 unspecified atom stereocenters. The minimum absolute atomic E-state index is 0. The first-order chi connectivity index (χ1) is 3.27. The Morgan fingerprint density at radius 3 is 2.25 bits per heavy atom. The Labute approximate surface area is 65.3 Å². The number of nitrogens with two attached hydrogens (primary N) is 1. The first-order valence-electron chi connectivity index (χ1n) is 2.35. The molecule has 0 aromatic rings. The van der Waals surface area contributed by atoms with Gasteiger partial charge in [-0.2, -0.15) is 6.42 Å². The van der Waals surface area contributed by atoms with Gasteiger partial charge in [-0.15, -0.1) is 0 Å². The Hall–Kier alpha value is 0.210. The molecule has 0 aliphatic rings. The molecule has 1 amide bonds. The van der Waals surface area contributed by atoms with Crippen molar-refractivity contribution in [3.8, 4) is 0 Å². The average molecular weight is 281 g/mol. The fourth-order valence-corrected chi connectivity index (χ4v) is 0.299. The molecule has 0 atom stereocenters. The topological polar surface area (TPSA) is 43.1 Å². The van der Waals surface area contributed by atoms with Gasteiger partial charge in [0.2, 0.25) is 5.91 Å². The number of carbonyl (C=O) groups is 1. The Bertz CT molecular complexity index is 65.4. The molecule has 2 N–H and O–H groups in total. The number of hydrogen-bond acceptors (Lipinski definition) is 1. The summed E-state index contributed by atoms with van der Waals surface area (Å²) in [5, 5.41) is 0. The second kappa shape index (κ2) is 7.21. The fraction of sp³-hybridized carbons (Fsp3) is 0.600. The van der Waals surface area contributed by atoms with Crippen molar-refractivity contribution in [2.75, 3.05) is 0 Å². The second-order valence-corrected chi connectivity index (χ2v) is 1.42. The van der Waals surface area contributed by atoms with Crippen LogP contribution in [0, 0.1) is 6.92 Å². The fourth-order valence-electron chi connectivity index (χ4n) is 0.299. The van der Waals surface area contributed by atoms with Gasteiger partial charge in [-0.05, 0) is 0 Å². The van der Waals surface area contributed by atoms with Gasteiger partial charge >= 0.3 is 0 Å². The van der Waals surface area contributed by atoms with Crippen LogP contribution in [0.4, 0.5) is 0 Å². The van der Waals surface area contributed by atoms with Gasteiger partial charge in [0.05, 0.1) is 0 Å². The summed E-state index contributed by atoms with van der Waals surface area (Å²) in [5.74, 6) is -0.233. The normalized spacial score (nSPS) is 7.62. The largest absolute Gasteiger partial charge is 0.370 e. The van der Waals surface area contributed by atoms with Crippen LogP contribution < -0.4 is 5.73 Å². The molecular formula is C5H10NOTa-. The van der Waals surface area contributed by atoms with Crippen molar-refractivity contribution < 1.29 is 27.2 Å². The summed E-state index contributed by atoms with van der Waals surface area (Å²) in [7, 11) is 0. The standard InChI is InChI=1S/C5H10NO.Ta/c1-2-3-4-5(6)7;/h1-4H2,(H2,6,7);/q-1;. The quantitative estimate of drug-likeness (QED) is 0.751. The van der Waals surface area contributed by atoms with Crippen molar-refractivity contribution >= 4 is 5.91 Å². The molecular weight excluding hydrogens is 271 g/mol. The first kappa shape index (κ1) is 11.1. The van der Waals surface area contributed by atoms with Gasteiger partial charge < -0.3 is 12.7 Å². The zero-order valence-corrected chi connectivity index (χ0v) is 7.97. The van der Waals surface area contributed by atoms with Crippen LogP contribution in [-0.4, -0.2) is 5.91 Å². The number of rotatable bonds is 3. The van der Waals surface area contributed by atoms with Crippen LogP contribution in [0.5, 0.6) is 0 Å². The number of carbonyl (C=O) groups excluding carboxylic acids is 1. The molecule has 3 heteroatoms. The van der Waals surface area contributed by atoms with Crippen molar-refractivity contribution in [2.45, 2.75) is 19.3 Å². The van der Waals surface area contributed by atoms with E-state index in [0.717, 1.165) is 12.8 Å². The van der Waals surface area contributed by atoms with Gasteiger partial charge in [0.15, 0.2) is 0 Å². The predicted octanol–water partition coefficient (Wildman–Crippen LogP) is 0.474. The summed E-state index contributed by atoms with van der Waals surface area (Å²) in [5.41, 5.74) is 4.81. The maximum atomic E-state index is 9.95. The van der Waals surface area contributed by atoms with E-state index in [1.54, 1.807) is 0 Å². The molecule has 47 valence electrons. The minimum Gasteiger partial charge on any atom is -0.370 e. The Balaban J connectivity index is 0. The van der Waals surface area contributed by atoms with Crippen LogP contribution in [0.2, 0.25) is 0 Å². The minimum atomic E-state index is -0.233. The van der Waals surface area contributed by atoms with E-state index < -0.39 is 0 Å². The van der Waals surface area contributed by atoms with Crippen molar-refractivity contribution in [2.24, 2.45) is 5.73 Å². The molecule has 0 rings (SSSR count). The molecule has 1 radical (unpaired) electrons. The van der Waals surface area contributed by atoms with E-state index in [4.69, 9.17) is 5.73 Å². The van der Waals surface area contributed by atoms with Crippen LogP contribution >= 0.6 is 0 Å². The number of primary amides is 1. The molecule has 0 saturated carbocycles. The van der Waals surface area contributed by atoms with Gasteiger partial charge in [-0.3, -0.25) is 4.79 Å². The molecule has 0 aliphatic carbocycles. The van der Waals surface area contributed by atoms with Gasteiger partial charge in [-0.1, -0.05) is 6.42 Å². The van der Waals surface area contributed by atoms with E-state index in [2.05, 4.69) is 6.92 Å². The van der Waals surface area contributed by atoms with E-state index in [9.17, 15) is 4.79 Å². The number of amides is 1. The molecule has 0 heterocycles. The summed E-state index contributed by atoms with van der Waals surface area (Å²) in [6, 6.07) is 0. The Morgan fingerprint density at radius 1 is 1.62 bits per heavy atom. The zero-order chi connectivity index (χ0) is 5.70. The van der Waals surface area contributed by atoms with E-state index >= 15 is 0 Å². The first-order valence-corrected chi connectivity index (χ1v) is 2.35. The van der Waals surface area contributed by atoms with Gasteiger partial charge in [0.25, 0.3) is 0 Å². The average Bonchev–Trinajstić information content (AvgIpc) is 1.61. The van der Waals surface area contributed by atoms with Crippen LogP contribution in [0.1, 0.15) is 19.3 Å². The summed E-state index contributed by atoms with van der Waals surface area (Å²) < 4.78 is 0. The maximum absolute atomic E-state index is 9.95. The van der Waals surface area contributed by atoms with E-state index in [1.165, 1.54) is 0 Å². The van der Waals surface area contributed by atoms with E-state index in [0.29, 0.717) is 6.42 Å². The van der Waals surface area contributed by atoms with Crippen LogP contribution in [0.15, 0.2) is 0 Å².